The predicted octanol–water partition coefficient (Wildman–Crippen LogP) is 3.06. The topological polar surface area (TPSA) is 46.2 Å². The lowest BCUT2D eigenvalue weighted by Crippen LogP contribution is -2.26. The normalized spacial score (nSPS) is 13.4. The minimum atomic E-state index is -0.910. The van der Waals surface area contributed by atoms with Gasteiger partial charge in [-0.05, 0) is 30.2 Å². The largest absolute Gasteiger partial charge is 0.346 e. The molecule has 0 aromatic heterocycles. The molecule has 4 heteroatoms. The lowest BCUT2D eigenvalue weighted by Gasteiger charge is -2.14. The van der Waals surface area contributed by atoms with Crippen molar-refractivity contribution in [1.82, 2.24) is 5.32 Å². The predicted molar refractivity (Wildman–Crippen MR) is 86.5 cm³/mol. The Hall–Kier alpha value is -1.94. The van der Waals surface area contributed by atoms with E-state index in [4.69, 9.17) is 0 Å². The lowest BCUT2D eigenvalue weighted by molar-refractivity contribution is 0.0940. The van der Waals surface area contributed by atoms with Crippen molar-refractivity contribution < 1.29 is 9.00 Å². The summed E-state index contributed by atoms with van der Waals surface area (Å²) in [6, 6.07) is 17.1. The monoisotopic (exact) mass is 301 g/mol. The van der Waals surface area contributed by atoms with Crippen LogP contribution in [0.4, 0.5) is 0 Å². The minimum absolute atomic E-state index is 0.0531. The van der Waals surface area contributed by atoms with Gasteiger partial charge in [-0.15, -0.1) is 0 Å². The molecule has 3 nitrogen and oxygen atoms in total. The molecule has 0 radical (unpaired) electrons. The van der Waals surface area contributed by atoms with Gasteiger partial charge in [-0.1, -0.05) is 42.5 Å². The molecule has 110 valence electrons. The van der Waals surface area contributed by atoms with Crippen LogP contribution in [0.1, 0.15) is 34.5 Å². The molecular formula is C17H19NO2S. The quantitative estimate of drug-likeness (QED) is 0.922. The van der Waals surface area contributed by atoms with Crippen LogP contribution in [0, 0.1) is 0 Å². The van der Waals surface area contributed by atoms with Gasteiger partial charge in [-0.3, -0.25) is 9.00 Å². The van der Waals surface area contributed by atoms with Crippen molar-refractivity contribution in [3.63, 3.8) is 0 Å². The highest BCUT2D eigenvalue weighted by Crippen LogP contribution is 2.13. The van der Waals surface area contributed by atoms with Crippen LogP contribution in [-0.2, 0) is 16.6 Å². The summed E-state index contributed by atoms with van der Waals surface area (Å²) in [5.41, 5.74) is 2.58. The van der Waals surface area contributed by atoms with Crippen molar-refractivity contribution >= 4 is 16.7 Å². The molecule has 0 spiro atoms. The van der Waals surface area contributed by atoms with E-state index in [-0.39, 0.29) is 11.9 Å². The Morgan fingerprint density at radius 2 is 1.86 bits per heavy atom. The second-order valence-electron chi connectivity index (χ2n) is 5.02. The van der Waals surface area contributed by atoms with Gasteiger partial charge >= 0.3 is 0 Å². The Bertz CT molecular complexity index is 640. The van der Waals surface area contributed by atoms with Gasteiger partial charge in [-0.2, -0.15) is 0 Å². The summed E-state index contributed by atoms with van der Waals surface area (Å²) in [6.07, 6.45) is 1.66. The summed E-state index contributed by atoms with van der Waals surface area (Å²) in [4.78, 5) is 12.3. The first-order valence-electron chi connectivity index (χ1n) is 6.81. The summed E-state index contributed by atoms with van der Waals surface area (Å²) in [7, 11) is -0.910. The second kappa shape index (κ2) is 7.18. The van der Waals surface area contributed by atoms with E-state index in [2.05, 4.69) is 5.32 Å². The number of carbonyl (C=O) groups is 1. The maximum atomic E-state index is 12.3. The Kier molecular flexibility index (Phi) is 5.28. The van der Waals surface area contributed by atoms with Gasteiger partial charge in [0.2, 0.25) is 0 Å². The van der Waals surface area contributed by atoms with E-state index < -0.39 is 10.8 Å². The number of benzene rings is 2. The Morgan fingerprint density at radius 3 is 2.52 bits per heavy atom. The van der Waals surface area contributed by atoms with Crippen LogP contribution >= 0.6 is 0 Å². The van der Waals surface area contributed by atoms with Gasteiger partial charge in [0.25, 0.3) is 5.91 Å². The molecular weight excluding hydrogens is 282 g/mol. The average Bonchev–Trinajstić information content (AvgIpc) is 2.47. The summed E-state index contributed by atoms with van der Waals surface area (Å²) >= 11 is 0. The first-order valence-corrected chi connectivity index (χ1v) is 8.54. The average molecular weight is 301 g/mol. The molecule has 2 aromatic carbocycles. The molecule has 2 aromatic rings. The second-order valence-corrected chi connectivity index (χ2v) is 6.46. The third-order valence-electron chi connectivity index (χ3n) is 3.21. The van der Waals surface area contributed by atoms with Crippen LogP contribution in [0.15, 0.2) is 54.6 Å². The van der Waals surface area contributed by atoms with Crippen molar-refractivity contribution in [1.29, 1.82) is 0 Å². The molecule has 0 fully saturated rings. The lowest BCUT2D eigenvalue weighted by atomic mass is 10.1. The molecule has 2 rings (SSSR count). The zero-order chi connectivity index (χ0) is 15.2. The molecule has 21 heavy (non-hydrogen) atoms. The van der Waals surface area contributed by atoms with Crippen molar-refractivity contribution in [3.8, 4) is 0 Å². The number of nitrogens with one attached hydrogen (secondary N) is 1. The van der Waals surface area contributed by atoms with E-state index in [9.17, 15) is 9.00 Å². The molecule has 0 aliphatic carbocycles. The molecule has 2 atom stereocenters. The zero-order valence-electron chi connectivity index (χ0n) is 12.2. The molecule has 0 saturated heterocycles. The summed E-state index contributed by atoms with van der Waals surface area (Å²) in [6.45, 7) is 1.96. The Balaban J connectivity index is 2.08. The molecule has 1 N–H and O–H groups in total. The fourth-order valence-corrected chi connectivity index (χ4v) is 2.79. The maximum Gasteiger partial charge on any atom is 0.251 e. The number of rotatable bonds is 5. The van der Waals surface area contributed by atoms with E-state index in [0.717, 1.165) is 11.1 Å². The SMILES string of the molecule is CC(NC(=O)c1cccc(CS(C)=O)c1)c1ccccc1. The van der Waals surface area contributed by atoms with Crippen LogP contribution in [0.5, 0.6) is 0 Å². The fourth-order valence-electron chi connectivity index (χ4n) is 2.14. The third kappa shape index (κ3) is 4.53. The smallest absolute Gasteiger partial charge is 0.251 e. The summed E-state index contributed by atoms with van der Waals surface area (Å²) in [5, 5.41) is 2.98. The van der Waals surface area contributed by atoms with E-state index in [1.54, 1.807) is 18.4 Å². The minimum Gasteiger partial charge on any atom is -0.346 e. The molecule has 2 unspecified atom stereocenters. The number of amides is 1. The van der Waals surface area contributed by atoms with Crippen molar-refractivity contribution in [3.05, 3.63) is 71.3 Å². The molecule has 0 aliphatic rings. The first-order chi connectivity index (χ1) is 10.1. The Morgan fingerprint density at radius 1 is 1.14 bits per heavy atom. The van der Waals surface area contributed by atoms with Crippen molar-refractivity contribution in [2.75, 3.05) is 6.26 Å². The van der Waals surface area contributed by atoms with Crippen LogP contribution in [-0.4, -0.2) is 16.4 Å². The molecule has 0 saturated carbocycles. The van der Waals surface area contributed by atoms with E-state index in [1.165, 1.54) is 0 Å². The third-order valence-corrected chi connectivity index (χ3v) is 3.95. The van der Waals surface area contributed by atoms with Crippen LogP contribution in [0.25, 0.3) is 0 Å². The number of hydrogen-bond donors (Lipinski definition) is 1. The van der Waals surface area contributed by atoms with E-state index in [0.29, 0.717) is 11.3 Å². The van der Waals surface area contributed by atoms with Crippen LogP contribution in [0.2, 0.25) is 0 Å². The summed E-state index contributed by atoms with van der Waals surface area (Å²) < 4.78 is 11.3. The molecule has 0 heterocycles. The van der Waals surface area contributed by atoms with Crippen molar-refractivity contribution in [2.45, 2.75) is 18.7 Å². The highest BCUT2D eigenvalue weighted by Gasteiger charge is 2.11. The van der Waals surface area contributed by atoms with Crippen molar-refractivity contribution in [2.24, 2.45) is 0 Å². The zero-order valence-corrected chi connectivity index (χ0v) is 13.0. The standard InChI is InChI=1S/C17H19NO2S/c1-13(15-8-4-3-5-9-15)18-17(19)16-10-6-7-14(11-16)12-21(2)20/h3-11,13H,12H2,1-2H3,(H,18,19). The molecule has 0 bridgehead atoms. The number of carbonyl (C=O) groups excluding carboxylic acids is 1. The van der Waals surface area contributed by atoms with E-state index in [1.807, 2.05) is 49.4 Å². The highest BCUT2D eigenvalue weighted by molar-refractivity contribution is 7.83. The Labute approximate surface area is 127 Å². The van der Waals surface area contributed by atoms with Gasteiger partial charge in [0.05, 0.1) is 6.04 Å². The highest BCUT2D eigenvalue weighted by atomic mass is 32.2. The fraction of sp³-hybridized carbons (Fsp3) is 0.235. The molecule has 1 amide bonds. The van der Waals surface area contributed by atoms with Crippen LogP contribution < -0.4 is 5.32 Å². The first kappa shape index (κ1) is 15.4. The van der Waals surface area contributed by atoms with Gasteiger partial charge in [-0.25, -0.2) is 0 Å². The van der Waals surface area contributed by atoms with Gasteiger partial charge < -0.3 is 5.32 Å². The van der Waals surface area contributed by atoms with E-state index >= 15 is 0 Å². The summed E-state index contributed by atoms with van der Waals surface area (Å²) in [5.74, 6) is 0.352. The number of hydrogen-bond acceptors (Lipinski definition) is 2. The van der Waals surface area contributed by atoms with Gasteiger partial charge in [0.15, 0.2) is 0 Å². The molecule has 0 aliphatic heterocycles. The maximum absolute atomic E-state index is 12.3. The van der Waals surface area contributed by atoms with Gasteiger partial charge in [0, 0.05) is 28.4 Å². The van der Waals surface area contributed by atoms with Gasteiger partial charge in [0.1, 0.15) is 0 Å². The van der Waals surface area contributed by atoms with Crippen LogP contribution in [0.3, 0.4) is 0 Å².